The van der Waals surface area contributed by atoms with Gasteiger partial charge in [-0.05, 0) is 51.8 Å². The van der Waals surface area contributed by atoms with E-state index in [0.717, 1.165) is 18.5 Å². The van der Waals surface area contributed by atoms with E-state index in [4.69, 9.17) is 11.6 Å². The van der Waals surface area contributed by atoms with Crippen molar-refractivity contribution in [2.75, 3.05) is 10.6 Å². The summed E-state index contributed by atoms with van der Waals surface area (Å²) in [5, 5.41) is 6.78. The summed E-state index contributed by atoms with van der Waals surface area (Å²) in [5.74, 6) is 1.38. The van der Waals surface area contributed by atoms with Crippen molar-refractivity contribution in [3.05, 3.63) is 40.8 Å². The molecule has 23 heavy (non-hydrogen) atoms. The molecule has 2 N–H and O–H groups in total. The second-order valence-electron chi connectivity index (χ2n) is 6.90. The van der Waals surface area contributed by atoms with E-state index in [1.807, 2.05) is 6.07 Å². The largest absolute Gasteiger partial charge is 0.350 e. The van der Waals surface area contributed by atoms with Crippen LogP contribution < -0.4 is 10.6 Å². The van der Waals surface area contributed by atoms with E-state index < -0.39 is 0 Å². The molecule has 0 spiro atoms. The van der Waals surface area contributed by atoms with Crippen molar-refractivity contribution in [3.63, 3.8) is 0 Å². The zero-order valence-electron chi connectivity index (χ0n) is 13.5. The predicted molar refractivity (Wildman–Crippen MR) is 92.1 cm³/mol. The highest BCUT2D eigenvalue weighted by atomic mass is 35.5. The molecule has 0 unspecified atom stereocenters. The van der Waals surface area contributed by atoms with Crippen molar-refractivity contribution in [2.45, 2.75) is 45.1 Å². The lowest BCUT2D eigenvalue weighted by Crippen LogP contribution is -2.27. The lowest BCUT2D eigenvalue weighted by atomic mass is 10.1. The van der Waals surface area contributed by atoms with Crippen LogP contribution in [-0.4, -0.2) is 15.5 Å². The number of hydrogen-bond donors (Lipinski definition) is 2. The minimum Gasteiger partial charge on any atom is -0.350 e. The SMILES string of the molecule is CC(C)(C)Nc1nc(Nc2ccc(F)cc2Cl)cc(C2CC2)n1. The van der Waals surface area contributed by atoms with Gasteiger partial charge in [-0.1, -0.05) is 11.6 Å². The number of anilines is 3. The van der Waals surface area contributed by atoms with Crippen molar-refractivity contribution >= 4 is 29.1 Å². The van der Waals surface area contributed by atoms with Gasteiger partial charge in [0.1, 0.15) is 11.6 Å². The monoisotopic (exact) mass is 334 g/mol. The molecule has 1 heterocycles. The third-order valence-corrected chi connectivity index (χ3v) is 3.73. The van der Waals surface area contributed by atoms with Gasteiger partial charge in [-0.3, -0.25) is 0 Å². The number of nitrogens with one attached hydrogen (secondary N) is 2. The standard InChI is InChI=1S/C17H20ClFN4/c1-17(2,3)23-16-21-14(10-4-5-10)9-15(22-16)20-13-7-6-11(19)8-12(13)18/h6-10H,4-5H2,1-3H3,(H2,20,21,22,23). The van der Waals surface area contributed by atoms with Crippen LogP contribution in [-0.2, 0) is 0 Å². The van der Waals surface area contributed by atoms with E-state index in [1.54, 1.807) is 6.07 Å². The second-order valence-corrected chi connectivity index (χ2v) is 7.31. The number of hydrogen-bond acceptors (Lipinski definition) is 4. The van der Waals surface area contributed by atoms with E-state index in [2.05, 4.69) is 41.4 Å². The second kappa shape index (κ2) is 5.96. The molecular weight excluding hydrogens is 315 g/mol. The molecule has 1 fully saturated rings. The topological polar surface area (TPSA) is 49.8 Å². The zero-order valence-corrected chi connectivity index (χ0v) is 14.2. The smallest absolute Gasteiger partial charge is 0.225 e. The summed E-state index contributed by atoms with van der Waals surface area (Å²) in [5.41, 5.74) is 1.51. The van der Waals surface area contributed by atoms with Gasteiger partial charge in [0.15, 0.2) is 0 Å². The summed E-state index contributed by atoms with van der Waals surface area (Å²) >= 11 is 6.08. The Labute approximate surface area is 140 Å². The van der Waals surface area contributed by atoms with Crippen LogP contribution in [0.3, 0.4) is 0 Å². The van der Waals surface area contributed by atoms with Crippen molar-refractivity contribution in [2.24, 2.45) is 0 Å². The molecule has 0 amide bonds. The molecule has 1 aliphatic rings. The van der Waals surface area contributed by atoms with Gasteiger partial charge in [-0.2, -0.15) is 4.98 Å². The van der Waals surface area contributed by atoms with Gasteiger partial charge in [-0.25, -0.2) is 9.37 Å². The molecular formula is C17H20ClFN4. The first-order valence-corrected chi connectivity index (χ1v) is 8.07. The molecule has 2 aromatic rings. The molecule has 1 aliphatic carbocycles. The number of nitrogens with zero attached hydrogens (tertiary/aromatic N) is 2. The molecule has 0 saturated heterocycles. The minimum atomic E-state index is -0.364. The zero-order chi connectivity index (χ0) is 16.6. The molecule has 0 bridgehead atoms. The summed E-state index contributed by atoms with van der Waals surface area (Å²) in [7, 11) is 0. The molecule has 0 aliphatic heterocycles. The summed E-state index contributed by atoms with van der Waals surface area (Å²) < 4.78 is 13.2. The predicted octanol–water partition coefficient (Wildman–Crippen LogP) is 5.10. The Balaban J connectivity index is 1.91. The first kappa shape index (κ1) is 16.0. The van der Waals surface area contributed by atoms with Crippen LogP contribution in [0.4, 0.5) is 21.8 Å². The van der Waals surface area contributed by atoms with Gasteiger partial charge in [0.2, 0.25) is 5.95 Å². The molecule has 1 aromatic carbocycles. The first-order chi connectivity index (χ1) is 10.8. The Bertz CT molecular complexity index is 723. The van der Waals surface area contributed by atoms with Gasteiger partial charge in [0.05, 0.1) is 16.4 Å². The molecule has 4 nitrogen and oxygen atoms in total. The Kier molecular flexibility index (Phi) is 4.15. The highest BCUT2D eigenvalue weighted by Gasteiger charge is 2.26. The molecule has 122 valence electrons. The van der Waals surface area contributed by atoms with Crippen molar-refractivity contribution in [1.29, 1.82) is 0 Å². The Morgan fingerprint density at radius 2 is 1.91 bits per heavy atom. The van der Waals surface area contributed by atoms with Gasteiger partial charge in [0.25, 0.3) is 0 Å². The van der Waals surface area contributed by atoms with Crippen LogP contribution >= 0.6 is 11.6 Å². The molecule has 3 rings (SSSR count). The van der Waals surface area contributed by atoms with E-state index in [0.29, 0.717) is 28.4 Å². The van der Waals surface area contributed by atoms with Crippen LogP contribution in [0.1, 0.15) is 45.2 Å². The van der Waals surface area contributed by atoms with Gasteiger partial charge in [0, 0.05) is 17.5 Å². The number of benzene rings is 1. The minimum absolute atomic E-state index is 0.132. The van der Waals surface area contributed by atoms with Gasteiger partial charge >= 0.3 is 0 Å². The van der Waals surface area contributed by atoms with E-state index in [1.165, 1.54) is 12.1 Å². The van der Waals surface area contributed by atoms with Gasteiger partial charge in [-0.15, -0.1) is 0 Å². The number of rotatable bonds is 4. The Hall–Kier alpha value is -1.88. The summed E-state index contributed by atoms with van der Waals surface area (Å²) in [6.45, 7) is 6.18. The fourth-order valence-corrected chi connectivity index (χ4v) is 2.45. The van der Waals surface area contributed by atoms with Crippen molar-refractivity contribution < 1.29 is 4.39 Å². The molecule has 1 aromatic heterocycles. The molecule has 0 atom stereocenters. The normalized spacial score (nSPS) is 14.7. The molecule has 0 radical (unpaired) electrons. The summed E-state index contributed by atoms with van der Waals surface area (Å²) in [4.78, 5) is 9.11. The third-order valence-electron chi connectivity index (χ3n) is 3.42. The first-order valence-electron chi connectivity index (χ1n) is 7.69. The summed E-state index contributed by atoms with van der Waals surface area (Å²) in [6.07, 6.45) is 2.31. The quantitative estimate of drug-likeness (QED) is 0.816. The Morgan fingerprint density at radius 3 is 2.52 bits per heavy atom. The lowest BCUT2D eigenvalue weighted by molar-refractivity contribution is 0.625. The average Bonchev–Trinajstić information content (AvgIpc) is 3.24. The van der Waals surface area contributed by atoms with E-state index in [9.17, 15) is 4.39 Å². The van der Waals surface area contributed by atoms with Crippen molar-refractivity contribution in [1.82, 2.24) is 9.97 Å². The number of halogens is 2. The van der Waals surface area contributed by atoms with Crippen LogP contribution in [0.15, 0.2) is 24.3 Å². The van der Waals surface area contributed by atoms with Crippen LogP contribution in [0.5, 0.6) is 0 Å². The summed E-state index contributed by atoms with van der Waals surface area (Å²) in [6, 6.07) is 6.19. The van der Waals surface area contributed by atoms with Crippen molar-refractivity contribution in [3.8, 4) is 0 Å². The van der Waals surface area contributed by atoms with E-state index >= 15 is 0 Å². The molecule has 6 heteroatoms. The van der Waals surface area contributed by atoms with Crippen LogP contribution in [0.2, 0.25) is 5.02 Å². The Morgan fingerprint density at radius 1 is 1.17 bits per heavy atom. The fourth-order valence-electron chi connectivity index (χ4n) is 2.24. The highest BCUT2D eigenvalue weighted by Crippen LogP contribution is 2.40. The maximum absolute atomic E-state index is 13.2. The maximum atomic E-state index is 13.2. The van der Waals surface area contributed by atoms with Crippen LogP contribution in [0.25, 0.3) is 0 Å². The van der Waals surface area contributed by atoms with Crippen LogP contribution in [0, 0.1) is 5.82 Å². The maximum Gasteiger partial charge on any atom is 0.225 e. The molecule has 1 saturated carbocycles. The fraction of sp³-hybridized carbons (Fsp3) is 0.412. The lowest BCUT2D eigenvalue weighted by Gasteiger charge is -2.21. The highest BCUT2D eigenvalue weighted by molar-refractivity contribution is 6.33. The van der Waals surface area contributed by atoms with E-state index in [-0.39, 0.29) is 11.4 Å². The number of aromatic nitrogens is 2. The third kappa shape index (κ3) is 4.32. The average molecular weight is 335 g/mol. The van der Waals surface area contributed by atoms with Gasteiger partial charge < -0.3 is 10.6 Å².